The summed E-state index contributed by atoms with van der Waals surface area (Å²) in [5.41, 5.74) is 2.34. The Labute approximate surface area is 268 Å². The molecule has 1 N–H and O–H groups in total. The van der Waals surface area contributed by atoms with Crippen molar-refractivity contribution in [2.24, 2.45) is 0 Å². The Morgan fingerprint density at radius 2 is 2.02 bits per heavy atom. The summed E-state index contributed by atoms with van der Waals surface area (Å²) < 4.78 is 45.7. The van der Waals surface area contributed by atoms with Crippen molar-refractivity contribution in [3.8, 4) is 39.5 Å². The Bertz CT molecular complexity index is 1940. The third-order valence-corrected chi connectivity index (χ3v) is 8.67. The number of nitrogens with zero attached hydrogens (tertiary/aromatic N) is 6. The lowest BCUT2D eigenvalue weighted by Gasteiger charge is -2.33. The first-order valence-corrected chi connectivity index (χ1v) is 15.6. The summed E-state index contributed by atoms with van der Waals surface area (Å²) >= 11 is 1.39. The molecule has 13 heteroatoms. The van der Waals surface area contributed by atoms with Crippen molar-refractivity contribution >= 4 is 27.3 Å². The maximum atomic E-state index is 16.0. The van der Waals surface area contributed by atoms with E-state index in [9.17, 15) is 14.3 Å². The number of aromatic nitrogens is 5. The van der Waals surface area contributed by atoms with Gasteiger partial charge in [0.15, 0.2) is 0 Å². The zero-order chi connectivity index (χ0) is 32.7. The number of hydrogen-bond acceptors (Lipinski definition) is 8. The summed E-state index contributed by atoms with van der Waals surface area (Å²) in [4.78, 5) is 19.4. The summed E-state index contributed by atoms with van der Waals surface area (Å²) in [6.07, 6.45) is 4.77. The SMILES string of the molecule is C=CC(=O)N1Cc2cc(-c3nc(-c4cnn(CC(C)(C)O)c4)c4ccsc4c3-c3c(F)cc(F)cc3OCCOC)nn2CC1C. The Morgan fingerprint density at radius 3 is 2.76 bits per heavy atom. The Kier molecular flexibility index (Phi) is 8.49. The van der Waals surface area contributed by atoms with Crippen LogP contribution in [0.2, 0.25) is 0 Å². The van der Waals surface area contributed by atoms with Crippen LogP contribution in [0.5, 0.6) is 5.75 Å². The number of rotatable bonds is 10. The normalized spacial score (nSPS) is 14.9. The van der Waals surface area contributed by atoms with Crippen LogP contribution in [-0.2, 0) is 29.2 Å². The van der Waals surface area contributed by atoms with E-state index in [4.69, 9.17) is 19.6 Å². The molecule has 5 aromatic rings. The predicted molar refractivity (Wildman–Crippen MR) is 171 cm³/mol. The molecule has 4 aromatic heterocycles. The molecule has 240 valence electrons. The van der Waals surface area contributed by atoms with Gasteiger partial charge in [-0.2, -0.15) is 10.2 Å². The number of aliphatic hydroxyl groups is 1. The topological polar surface area (TPSA) is 108 Å². The smallest absolute Gasteiger partial charge is 0.246 e. The van der Waals surface area contributed by atoms with Gasteiger partial charge in [-0.1, -0.05) is 6.58 Å². The van der Waals surface area contributed by atoms with E-state index in [0.29, 0.717) is 46.0 Å². The highest BCUT2D eigenvalue weighted by Gasteiger charge is 2.31. The molecular formula is C33H34F2N6O4S. The minimum Gasteiger partial charge on any atom is -0.490 e. The van der Waals surface area contributed by atoms with Crippen molar-refractivity contribution in [1.82, 2.24) is 29.4 Å². The molecule has 0 saturated carbocycles. The number of amides is 1. The first-order valence-electron chi connectivity index (χ1n) is 14.7. The van der Waals surface area contributed by atoms with Gasteiger partial charge in [0.25, 0.3) is 0 Å². The van der Waals surface area contributed by atoms with Crippen LogP contribution < -0.4 is 4.74 Å². The van der Waals surface area contributed by atoms with Crippen molar-refractivity contribution in [3.63, 3.8) is 0 Å². The largest absolute Gasteiger partial charge is 0.490 e. The molecule has 1 aliphatic heterocycles. The Balaban J connectivity index is 1.59. The number of carbonyl (C=O) groups is 1. The molecule has 0 spiro atoms. The van der Waals surface area contributed by atoms with Crippen LogP contribution in [-0.4, -0.2) is 72.4 Å². The fourth-order valence-corrected chi connectivity index (χ4v) is 6.67. The molecule has 0 bridgehead atoms. The molecule has 1 amide bonds. The highest BCUT2D eigenvalue weighted by Crippen LogP contribution is 2.47. The summed E-state index contributed by atoms with van der Waals surface area (Å²) in [5, 5.41) is 22.3. The van der Waals surface area contributed by atoms with E-state index in [1.54, 1.807) is 35.8 Å². The molecule has 0 radical (unpaired) electrons. The van der Waals surface area contributed by atoms with E-state index < -0.39 is 17.2 Å². The molecule has 0 saturated heterocycles. The highest BCUT2D eigenvalue weighted by atomic mass is 32.1. The van der Waals surface area contributed by atoms with Crippen molar-refractivity contribution in [1.29, 1.82) is 0 Å². The molecule has 0 fully saturated rings. The van der Waals surface area contributed by atoms with Crippen LogP contribution >= 0.6 is 11.3 Å². The second kappa shape index (κ2) is 12.4. The van der Waals surface area contributed by atoms with Gasteiger partial charge in [-0.25, -0.2) is 13.8 Å². The van der Waals surface area contributed by atoms with Crippen LogP contribution in [0.1, 0.15) is 26.5 Å². The maximum Gasteiger partial charge on any atom is 0.246 e. The van der Waals surface area contributed by atoms with Gasteiger partial charge in [0.1, 0.15) is 35.4 Å². The molecule has 0 aliphatic carbocycles. The molecular weight excluding hydrogens is 614 g/mol. The summed E-state index contributed by atoms with van der Waals surface area (Å²) in [7, 11) is 1.52. The first-order chi connectivity index (χ1) is 22.0. The number of fused-ring (bicyclic) bond motifs is 2. The van der Waals surface area contributed by atoms with Crippen LogP contribution in [0.15, 0.2) is 54.7 Å². The van der Waals surface area contributed by atoms with Gasteiger partial charge < -0.3 is 19.5 Å². The molecule has 1 aliphatic rings. The van der Waals surface area contributed by atoms with Gasteiger partial charge in [-0.15, -0.1) is 11.3 Å². The van der Waals surface area contributed by atoms with Crippen molar-refractivity contribution < 1.29 is 28.2 Å². The lowest BCUT2D eigenvalue weighted by molar-refractivity contribution is -0.129. The molecule has 1 unspecified atom stereocenters. The van der Waals surface area contributed by atoms with Crippen LogP contribution in [0.25, 0.3) is 43.9 Å². The number of thiophene rings is 1. The van der Waals surface area contributed by atoms with E-state index in [1.807, 2.05) is 29.1 Å². The van der Waals surface area contributed by atoms with Gasteiger partial charge in [0.2, 0.25) is 5.91 Å². The molecule has 5 heterocycles. The van der Waals surface area contributed by atoms with Crippen molar-refractivity contribution in [2.45, 2.75) is 52.0 Å². The molecule has 1 atom stereocenters. The third kappa shape index (κ3) is 6.05. The molecule has 1 aromatic carbocycles. The number of ether oxygens (including phenoxy) is 2. The number of pyridine rings is 1. The molecule has 46 heavy (non-hydrogen) atoms. The monoisotopic (exact) mass is 648 g/mol. The van der Waals surface area contributed by atoms with Gasteiger partial charge in [-0.05, 0) is 44.4 Å². The fraction of sp³-hybridized carbons (Fsp3) is 0.333. The van der Waals surface area contributed by atoms with Crippen LogP contribution in [0.3, 0.4) is 0 Å². The zero-order valence-corrected chi connectivity index (χ0v) is 26.8. The van der Waals surface area contributed by atoms with E-state index in [1.165, 1.54) is 24.5 Å². The number of methoxy groups -OCH3 is 1. The Hall–Kier alpha value is -4.46. The number of hydrogen-bond donors (Lipinski definition) is 1. The molecule has 10 nitrogen and oxygen atoms in total. The number of benzene rings is 1. The zero-order valence-electron chi connectivity index (χ0n) is 26.0. The predicted octanol–water partition coefficient (Wildman–Crippen LogP) is 5.68. The van der Waals surface area contributed by atoms with E-state index in [-0.39, 0.29) is 43.0 Å². The van der Waals surface area contributed by atoms with Gasteiger partial charge in [0, 0.05) is 52.7 Å². The number of halogens is 2. The third-order valence-electron chi connectivity index (χ3n) is 7.74. The first kappa shape index (κ1) is 31.5. The Morgan fingerprint density at radius 1 is 1.22 bits per heavy atom. The summed E-state index contributed by atoms with van der Waals surface area (Å²) in [5.74, 6) is -1.76. The van der Waals surface area contributed by atoms with E-state index >= 15 is 4.39 Å². The lowest BCUT2D eigenvalue weighted by atomic mass is 9.97. The van der Waals surface area contributed by atoms with Gasteiger partial charge in [0.05, 0.1) is 55.0 Å². The summed E-state index contributed by atoms with van der Waals surface area (Å²) in [6.45, 7) is 10.3. The van der Waals surface area contributed by atoms with Crippen LogP contribution in [0, 0.1) is 11.6 Å². The second-order valence-corrected chi connectivity index (χ2v) is 12.8. The van der Waals surface area contributed by atoms with Crippen LogP contribution in [0.4, 0.5) is 8.78 Å². The average molecular weight is 649 g/mol. The van der Waals surface area contributed by atoms with Crippen molar-refractivity contribution in [3.05, 3.63) is 72.0 Å². The summed E-state index contributed by atoms with van der Waals surface area (Å²) in [6, 6.07) is 5.59. The fourth-order valence-electron chi connectivity index (χ4n) is 5.72. The second-order valence-electron chi connectivity index (χ2n) is 11.9. The van der Waals surface area contributed by atoms with Gasteiger partial charge in [-0.3, -0.25) is 14.2 Å². The maximum absolute atomic E-state index is 16.0. The van der Waals surface area contributed by atoms with E-state index in [2.05, 4.69) is 11.7 Å². The van der Waals surface area contributed by atoms with Gasteiger partial charge >= 0.3 is 0 Å². The minimum absolute atomic E-state index is 0.0124. The quantitative estimate of drug-likeness (QED) is 0.153. The van der Waals surface area contributed by atoms with Crippen molar-refractivity contribution in [2.75, 3.05) is 20.3 Å². The lowest BCUT2D eigenvalue weighted by Crippen LogP contribution is -2.44. The molecule has 6 rings (SSSR count). The highest BCUT2D eigenvalue weighted by molar-refractivity contribution is 7.18. The van der Waals surface area contributed by atoms with E-state index in [0.717, 1.165) is 23.2 Å². The minimum atomic E-state index is -0.990. The number of carbonyl (C=O) groups excluding carboxylic acids is 1. The average Bonchev–Trinajstić information content (AvgIpc) is 3.75. The standard InChI is InChI=1S/C33H34F2N6O4S/c1-6-27(42)40-17-22-13-25(38-41(22)15-19(40)2)31-29(28-24(35)11-21(34)12-26(28)45-9-8-44-5)32-23(7-10-46-32)30(37-31)20-14-36-39(16-20)18-33(3,4)43/h6-7,10-14,16,19,43H,1,8-9,15,17-18H2,2-5H3.